The normalized spacial score (nSPS) is 22.0. The van der Waals surface area contributed by atoms with Gasteiger partial charge in [-0.1, -0.05) is 19.3 Å². The highest BCUT2D eigenvalue weighted by Gasteiger charge is 2.33. The molecule has 1 aliphatic heterocycles. The lowest BCUT2D eigenvalue weighted by Gasteiger charge is -2.34. The van der Waals surface area contributed by atoms with E-state index in [9.17, 15) is 14.9 Å². The van der Waals surface area contributed by atoms with Crippen LogP contribution in [0.3, 0.4) is 0 Å². The number of rotatable bonds is 5. The predicted molar refractivity (Wildman–Crippen MR) is 97.7 cm³/mol. The van der Waals surface area contributed by atoms with Gasteiger partial charge in [0.2, 0.25) is 5.91 Å². The number of nitro groups is 1. The molecule has 1 atom stereocenters. The van der Waals surface area contributed by atoms with Gasteiger partial charge in [-0.15, -0.1) is 0 Å². The van der Waals surface area contributed by atoms with Crippen LogP contribution < -0.4 is 4.90 Å². The fourth-order valence-electron chi connectivity index (χ4n) is 4.32. The van der Waals surface area contributed by atoms with Gasteiger partial charge in [0.15, 0.2) is 0 Å². The molecule has 1 amide bonds. The first-order valence-corrected chi connectivity index (χ1v) is 9.31. The molecule has 1 saturated heterocycles. The second-order valence-electron chi connectivity index (χ2n) is 7.30. The maximum atomic E-state index is 12.7. The number of carbonyl (C=O) groups is 1. The highest BCUT2D eigenvalue weighted by molar-refractivity contribution is 5.94. The maximum Gasteiger partial charge on any atom is 0.269 e. The van der Waals surface area contributed by atoms with Crippen molar-refractivity contribution in [1.82, 2.24) is 4.90 Å². The zero-order chi connectivity index (χ0) is 17.8. The van der Waals surface area contributed by atoms with Crippen molar-refractivity contribution in [2.75, 3.05) is 25.0 Å². The average Bonchev–Trinajstić information content (AvgIpc) is 3.10. The molecule has 25 heavy (non-hydrogen) atoms. The van der Waals surface area contributed by atoms with Gasteiger partial charge in [0.1, 0.15) is 0 Å². The van der Waals surface area contributed by atoms with Gasteiger partial charge in [-0.2, -0.15) is 0 Å². The van der Waals surface area contributed by atoms with Crippen LogP contribution in [0.1, 0.15) is 44.9 Å². The summed E-state index contributed by atoms with van der Waals surface area (Å²) in [5.74, 6) is 0.797. The third-order valence-electron chi connectivity index (χ3n) is 5.77. The molecule has 2 aliphatic rings. The summed E-state index contributed by atoms with van der Waals surface area (Å²) in [4.78, 5) is 27.0. The van der Waals surface area contributed by atoms with Gasteiger partial charge in [0.05, 0.1) is 11.5 Å². The first-order valence-electron chi connectivity index (χ1n) is 9.31. The second-order valence-corrected chi connectivity index (χ2v) is 7.30. The number of hydrogen-bond donors (Lipinski definition) is 0. The van der Waals surface area contributed by atoms with E-state index in [4.69, 9.17) is 0 Å². The van der Waals surface area contributed by atoms with Crippen LogP contribution in [-0.4, -0.2) is 41.9 Å². The van der Waals surface area contributed by atoms with Crippen LogP contribution in [0.25, 0.3) is 0 Å². The molecule has 0 N–H and O–H groups in total. The summed E-state index contributed by atoms with van der Waals surface area (Å²) in [5, 5.41) is 10.8. The van der Waals surface area contributed by atoms with E-state index in [2.05, 4.69) is 4.90 Å². The van der Waals surface area contributed by atoms with Gasteiger partial charge < -0.3 is 4.90 Å². The monoisotopic (exact) mass is 345 g/mol. The number of likely N-dealkylation sites (tertiary alicyclic amines) is 1. The molecular formula is C19H27N3O3. The van der Waals surface area contributed by atoms with Crippen molar-refractivity contribution in [2.24, 2.45) is 5.92 Å². The zero-order valence-electron chi connectivity index (χ0n) is 14.9. The summed E-state index contributed by atoms with van der Waals surface area (Å²) < 4.78 is 0. The summed E-state index contributed by atoms with van der Waals surface area (Å²) >= 11 is 0. The lowest BCUT2D eigenvalue weighted by molar-refractivity contribution is -0.384. The zero-order valence-corrected chi connectivity index (χ0v) is 14.9. The Bertz CT molecular complexity index is 611. The Morgan fingerprint density at radius 3 is 2.48 bits per heavy atom. The Morgan fingerprint density at radius 1 is 1.16 bits per heavy atom. The van der Waals surface area contributed by atoms with Gasteiger partial charge in [-0.05, 0) is 50.3 Å². The molecule has 1 aromatic carbocycles. The molecular weight excluding hydrogens is 318 g/mol. The molecule has 0 aromatic heterocycles. The van der Waals surface area contributed by atoms with E-state index in [1.165, 1.54) is 57.1 Å². The Morgan fingerprint density at radius 2 is 1.84 bits per heavy atom. The standard InChI is InChI=1S/C19H27N3O3/c1-20(16-9-11-17(12-10-16)22(24)25)19(23)14-21-13-5-8-18(21)15-6-3-2-4-7-15/h9-12,15,18H,2-8,13-14H2,1H3/t18-/m0/s1. The number of likely N-dealkylation sites (N-methyl/N-ethyl adjacent to an activating group) is 1. The van der Waals surface area contributed by atoms with Crippen molar-refractivity contribution in [2.45, 2.75) is 51.0 Å². The largest absolute Gasteiger partial charge is 0.314 e. The summed E-state index contributed by atoms with van der Waals surface area (Å²) in [6.07, 6.45) is 8.98. The van der Waals surface area contributed by atoms with Crippen molar-refractivity contribution in [3.8, 4) is 0 Å². The molecule has 6 heteroatoms. The first-order chi connectivity index (χ1) is 12.1. The lowest BCUT2D eigenvalue weighted by atomic mass is 9.83. The minimum Gasteiger partial charge on any atom is -0.314 e. The van der Waals surface area contributed by atoms with Crippen molar-refractivity contribution < 1.29 is 9.72 Å². The smallest absolute Gasteiger partial charge is 0.269 e. The number of carbonyl (C=O) groups excluding carboxylic acids is 1. The number of non-ortho nitro benzene ring substituents is 1. The van der Waals surface area contributed by atoms with Gasteiger partial charge in [0.25, 0.3) is 5.69 Å². The van der Waals surface area contributed by atoms with E-state index < -0.39 is 4.92 Å². The minimum absolute atomic E-state index is 0.0431. The van der Waals surface area contributed by atoms with E-state index in [0.29, 0.717) is 18.3 Å². The molecule has 1 aromatic rings. The summed E-state index contributed by atoms with van der Waals surface area (Å²) in [6.45, 7) is 1.44. The predicted octanol–water partition coefficient (Wildman–Crippen LogP) is 3.60. The molecule has 136 valence electrons. The fourth-order valence-corrected chi connectivity index (χ4v) is 4.32. The van der Waals surface area contributed by atoms with Crippen molar-refractivity contribution in [3.05, 3.63) is 34.4 Å². The van der Waals surface area contributed by atoms with Crippen LogP contribution >= 0.6 is 0 Å². The van der Waals surface area contributed by atoms with Crippen LogP contribution in [0.4, 0.5) is 11.4 Å². The topological polar surface area (TPSA) is 66.7 Å². The molecule has 6 nitrogen and oxygen atoms in total. The summed E-state index contributed by atoms with van der Waals surface area (Å²) in [6, 6.07) is 6.71. The SMILES string of the molecule is CN(C(=O)CN1CCC[C@H]1C1CCCCC1)c1ccc([N+](=O)[O-])cc1. The van der Waals surface area contributed by atoms with E-state index >= 15 is 0 Å². The molecule has 1 saturated carbocycles. The van der Waals surface area contributed by atoms with Crippen LogP contribution in [0.5, 0.6) is 0 Å². The number of hydrogen-bond acceptors (Lipinski definition) is 4. The number of nitro benzene ring substituents is 1. The maximum absolute atomic E-state index is 12.7. The number of nitrogens with zero attached hydrogens (tertiary/aromatic N) is 3. The molecule has 2 fully saturated rings. The van der Waals surface area contributed by atoms with E-state index in [1.54, 1.807) is 24.1 Å². The molecule has 0 spiro atoms. The molecule has 0 bridgehead atoms. The summed E-state index contributed by atoms with van der Waals surface area (Å²) in [7, 11) is 1.75. The third kappa shape index (κ3) is 4.18. The second kappa shape index (κ2) is 7.95. The Labute approximate surface area is 148 Å². The molecule has 1 aliphatic carbocycles. The van der Waals surface area contributed by atoms with Crippen LogP contribution in [0.15, 0.2) is 24.3 Å². The van der Waals surface area contributed by atoms with Gasteiger partial charge in [-0.25, -0.2) is 0 Å². The quantitative estimate of drug-likeness (QED) is 0.604. The molecule has 1 heterocycles. The van der Waals surface area contributed by atoms with Crippen molar-refractivity contribution >= 4 is 17.3 Å². The van der Waals surface area contributed by atoms with Crippen LogP contribution in [-0.2, 0) is 4.79 Å². The summed E-state index contributed by atoms with van der Waals surface area (Å²) in [5.41, 5.74) is 0.741. The Hall–Kier alpha value is -1.95. The van der Waals surface area contributed by atoms with Crippen molar-refractivity contribution in [1.29, 1.82) is 0 Å². The lowest BCUT2D eigenvalue weighted by Crippen LogP contribution is -2.43. The van der Waals surface area contributed by atoms with Gasteiger partial charge in [-0.3, -0.25) is 19.8 Å². The third-order valence-corrected chi connectivity index (χ3v) is 5.77. The Balaban J connectivity index is 1.61. The fraction of sp³-hybridized carbons (Fsp3) is 0.632. The average molecular weight is 345 g/mol. The van der Waals surface area contributed by atoms with E-state index in [1.807, 2.05) is 0 Å². The minimum atomic E-state index is -0.426. The number of benzene rings is 1. The number of amides is 1. The van der Waals surface area contributed by atoms with E-state index in [0.717, 1.165) is 12.5 Å². The van der Waals surface area contributed by atoms with E-state index in [-0.39, 0.29) is 11.6 Å². The Kier molecular flexibility index (Phi) is 5.68. The molecule has 3 rings (SSSR count). The van der Waals surface area contributed by atoms with Crippen LogP contribution in [0.2, 0.25) is 0 Å². The van der Waals surface area contributed by atoms with Crippen LogP contribution in [0, 0.1) is 16.0 Å². The first kappa shape index (κ1) is 17.9. The number of anilines is 1. The van der Waals surface area contributed by atoms with Crippen molar-refractivity contribution in [3.63, 3.8) is 0 Å². The highest BCUT2D eigenvalue weighted by atomic mass is 16.6. The van der Waals surface area contributed by atoms with Gasteiger partial charge >= 0.3 is 0 Å². The highest BCUT2D eigenvalue weighted by Crippen LogP contribution is 2.34. The van der Waals surface area contributed by atoms with Gasteiger partial charge in [0, 0.05) is 30.9 Å². The molecule has 0 unspecified atom stereocenters. The molecule has 0 radical (unpaired) electrons.